The minimum Gasteiger partial charge on any atom is -0.481 e. The molecule has 0 aromatic carbocycles. The molecule has 0 aliphatic heterocycles. The van der Waals surface area contributed by atoms with Crippen molar-refractivity contribution in [2.75, 3.05) is 0 Å². The van der Waals surface area contributed by atoms with E-state index in [2.05, 4.69) is 33.2 Å². The Balaban J connectivity index is -0.000000147. The minimum atomic E-state index is -0.829. The Morgan fingerprint density at radius 3 is 1.86 bits per heavy atom. The van der Waals surface area contributed by atoms with Crippen molar-refractivity contribution in [3.63, 3.8) is 0 Å². The Bertz CT molecular complexity index is 139. The Morgan fingerprint density at radius 1 is 1.29 bits per heavy atom. The summed E-state index contributed by atoms with van der Waals surface area (Å²) in [6, 6.07) is 0. The van der Waals surface area contributed by atoms with E-state index < -0.39 is 5.97 Å². The molecule has 0 heterocycles. The van der Waals surface area contributed by atoms with Gasteiger partial charge in [0.05, 0.1) is 6.42 Å². The maximum Gasteiger partial charge on any atom is 0.307 e. The average molecular weight is 198 g/mol. The molecule has 0 fully saturated rings. The lowest BCUT2D eigenvalue weighted by Crippen LogP contribution is -1.88. The maximum absolute atomic E-state index is 9.53. The summed E-state index contributed by atoms with van der Waals surface area (Å²) >= 11 is 0. The minimum absolute atomic E-state index is 0.0556. The Hall–Kier alpha value is -1.31. The van der Waals surface area contributed by atoms with Gasteiger partial charge < -0.3 is 5.11 Å². The van der Waals surface area contributed by atoms with E-state index in [1.807, 2.05) is 6.08 Å². The van der Waals surface area contributed by atoms with Crippen LogP contribution in [0, 0.1) is 0 Å². The molecule has 0 atom stereocenters. The van der Waals surface area contributed by atoms with Crippen molar-refractivity contribution in [3.05, 3.63) is 38.5 Å². The molecule has 14 heavy (non-hydrogen) atoms. The van der Waals surface area contributed by atoms with E-state index in [-0.39, 0.29) is 6.42 Å². The molecule has 0 saturated heterocycles. The summed E-state index contributed by atoms with van der Waals surface area (Å²) in [5, 5.41) is 7.84. The molecule has 1 N–H and O–H groups in total. The van der Waals surface area contributed by atoms with Gasteiger partial charge in [0, 0.05) is 0 Å². The van der Waals surface area contributed by atoms with Crippen LogP contribution in [0.25, 0.3) is 0 Å². The molecule has 0 radical (unpaired) electrons. The van der Waals surface area contributed by atoms with E-state index in [0.717, 1.165) is 0 Å². The van der Waals surface area contributed by atoms with Gasteiger partial charge in [0.1, 0.15) is 0 Å². The molecule has 0 rings (SSSR count). The largest absolute Gasteiger partial charge is 0.481 e. The summed E-state index contributed by atoms with van der Waals surface area (Å²) < 4.78 is 0. The van der Waals surface area contributed by atoms with Crippen molar-refractivity contribution >= 4 is 5.97 Å². The van der Waals surface area contributed by atoms with Gasteiger partial charge >= 0.3 is 5.97 Å². The molecule has 2 heteroatoms. The van der Waals surface area contributed by atoms with Gasteiger partial charge in [-0.3, -0.25) is 4.79 Å². The number of unbranched alkanes of at least 4 members (excludes halogenated alkanes) is 2. The van der Waals surface area contributed by atoms with Crippen LogP contribution >= 0.6 is 0 Å². The van der Waals surface area contributed by atoms with Crippen molar-refractivity contribution in [3.8, 4) is 0 Å². The van der Waals surface area contributed by atoms with Gasteiger partial charge in [-0.2, -0.15) is 0 Å². The molecular formula is C12H22O2. The number of aliphatic carboxylic acids is 1. The first-order valence-corrected chi connectivity index (χ1v) is 4.62. The van der Waals surface area contributed by atoms with Crippen LogP contribution < -0.4 is 0 Å². The fourth-order valence-electron chi connectivity index (χ4n) is 0.472. The Labute approximate surface area is 87.7 Å². The van der Waals surface area contributed by atoms with Crippen molar-refractivity contribution in [1.82, 2.24) is 0 Å². The van der Waals surface area contributed by atoms with Gasteiger partial charge in [0.25, 0.3) is 0 Å². The maximum atomic E-state index is 9.53. The lowest BCUT2D eigenvalue weighted by molar-refractivity contribution is -0.135. The number of carboxylic acids is 1. The molecule has 0 aliphatic carbocycles. The van der Waals surface area contributed by atoms with Crippen molar-refractivity contribution < 1.29 is 9.90 Å². The normalized spacial score (nSPS) is 6.93. The van der Waals surface area contributed by atoms with Gasteiger partial charge in [0.2, 0.25) is 0 Å². The zero-order chi connectivity index (χ0) is 11.8. The highest BCUT2D eigenvalue weighted by Crippen LogP contribution is 1.91. The second kappa shape index (κ2) is 22.6. The van der Waals surface area contributed by atoms with Gasteiger partial charge in [-0.05, 0) is 6.42 Å². The lowest BCUT2D eigenvalue weighted by atomic mass is 10.3. The van der Waals surface area contributed by atoms with E-state index >= 15 is 0 Å². The molecule has 0 aromatic rings. The molecule has 0 spiro atoms. The summed E-state index contributed by atoms with van der Waals surface area (Å²) in [5.74, 6) is -0.829. The van der Waals surface area contributed by atoms with E-state index in [0.29, 0.717) is 0 Å². The summed E-state index contributed by atoms with van der Waals surface area (Å²) in [7, 11) is 0. The molecule has 0 unspecified atom stereocenters. The number of allylic oxidation sites excluding steroid dienone is 1. The van der Waals surface area contributed by atoms with Crippen LogP contribution in [-0.2, 0) is 4.79 Å². The summed E-state index contributed by atoms with van der Waals surface area (Å²) in [6.07, 6.45) is 7.12. The molecule has 0 bridgehead atoms. The van der Waals surface area contributed by atoms with E-state index in [4.69, 9.17) is 5.11 Å². The fourth-order valence-corrected chi connectivity index (χ4v) is 0.472. The van der Waals surface area contributed by atoms with Gasteiger partial charge in [-0.1, -0.05) is 31.9 Å². The predicted molar refractivity (Wildman–Crippen MR) is 63.4 cm³/mol. The topological polar surface area (TPSA) is 37.3 Å². The molecular weight excluding hydrogens is 176 g/mol. The van der Waals surface area contributed by atoms with Crippen LogP contribution in [0.15, 0.2) is 38.5 Å². The molecule has 0 aromatic heterocycles. The van der Waals surface area contributed by atoms with Crippen molar-refractivity contribution in [2.24, 2.45) is 0 Å². The van der Waals surface area contributed by atoms with E-state index in [9.17, 15) is 4.79 Å². The predicted octanol–water partition coefficient (Wildman–Crippen LogP) is 3.81. The highest BCUT2D eigenvalue weighted by Gasteiger charge is 1.84. The molecule has 0 amide bonds. The third-order valence-electron chi connectivity index (χ3n) is 1.08. The van der Waals surface area contributed by atoms with Gasteiger partial charge in [-0.15, -0.1) is 26.3 Å². The lowest BCUT2D eigenvalue weighted by Gasteiger charge is -1.81. The highest BCUT2D eigenvalue weighted by atomic mass is 16.4. The number of hydrogen-bond donors (Lipinski definition) is 1. The van der Waals surface area contributed by atoms with Crippen LogP contribution in [0.1, 0.15) is 32.6 Å². The van der Waals surface area contributed by atoms with Crippen LogP contribution in [0.4, 0.5) is 0 Å². The summed E-state index contributed by atoms with van der Waals surface area (Å²) in [5.41, 5.74) is 0. The first-order valence-electron chi connectivity index (χ1n) is 4.62. The van der Waals surface area contributed by atoms with Crippen molar-refractivity contribution in [1.29, 1.82) is 0 Å². The smallest absolute Gasteiger partial charge is 0.307 e. The highest BCUT2D eigenvalue weighted by molar-refractivity contribution is 5.68. The third kappa shape index (κ3) is 45.6. The van der Waals surface area contributed by atoms with Gasteiger partial charge in [0.15, 0.2) is 0 Å². The molecule has 0 saturated carbocycles. The van der Waals surface area contributed by atoms with Crippen LogP contribution in [0.2, 0.25) is 0 Å². The quantitative estimate of drug-likeness (QED) is 0.538. The summed E-state index contributed by atoms with van der Waals surface area (Å²) in [6.45, 7) is 15.0. The van der Waals surface area contributed by atoms with Gasteiger partial charge in [-0.25, -0.2) is 0 Å². The first-order chi connectivity index (χ1) is 6.68. The summed E-state index contributed by atoms with van der Waals surface area (Å²) in [4.78, 5) is 9.53. The van der Waals surface area contributed by atoms with E-state index in [1.54, 1.807) is 0 Å². The standard InChI is InChI=1S/C6H12.C4H6O2.C2H4/c1-3-5-6-4-2;1-2-3-4(5)6;1-2/h3H,1,4-6H2,2H3;2H,1,3H2,(H,5,6);1-2H2. The zero-order valence-corrected chi connectivity index (χ0v) is 9.17. The van der Waals surface area contributed by atoms with Crippen molar-refractivity contribution in [2.45, 2.75) is 32.6 Å². The number of carbonyl (C=O) groups is 1. The first kappa shape index (κ1) is 18.5. The fraction of sp³-hybridized carbons (Fsp3) is 0.417. The van der Waals surface area contributed by atoms with Crippen LogP contribution in [0.5, 0.6) is 0 Å². The zero-order valence-electron chi connectivity index (χ0n) is 9.17. The SMILES string of the molecule is C=C.C=CCC(=O)O.C=CCCCC. The van der Waals surface area contributed by atoms with Crippen LogP contribution in [0.3, 0.4) is 0 Å². The van der Waals surface area contributed by atoms with E-state index in [1.165, 1.54) is 25.3 Å². The number of rotatable bonds is 5. The Kier molecular flexibility index (Phi) is 29.8. The number of carboxylic acid groups (broad SMARTS) is 1. The average Bonchev–Trinajstić information content (AvgIpc) is 2.18. The van der Waals surface area contributed by atoms with Crippen LogP contribution in [-0.4, -0.2) is 11.1 Å². The molecule has 2 nitrogen and oxygen atoms in total. The Morgan fingerprint density at radius 2 is 1.79 bits per heavy atom. The second-order valence-electron chi connectivity index (χ2n) is 2.32. The second-order valence-corrected chi connectivity index (χ2v) is 2.32. The molecule has 82 valence electrons. The third-order valence-corrected chi connectivity index (χ3v) is 1.08. The monoisotopic (exact) mass is 198 g/mol. The number of hydrogen-bond acceptors (Lipinski definition) is 1. The molecule has 0 aliphatic rings.